The zero-order valence-electron chi connectivity index (χ0n) is 9.62. The van der Waals surface area contributed by atoms with Crippen LogP contribution in [0.25, 0.3) is 0 Å². The Morgan fingerprint density at radius 1 is 1.31 bits per heavy atom. The summed E-state index contributed by atoms with van der Waals surface area (Å²) in [6.07, 6.45) is 8.12. The van der Waals surface area contributed by atoms with Crippen LogP contribution in [-0.2, 0) is 0 Å². The summed E-state index contributed by atoms with van der Waals surface area (Å²) in [6, 6.07) is 7.47. The Balaban J connectivity index is 1.96. The second-order valence-corrected chi connectivity index (χ2v) is 4.41. The van der Waals surface area contributed by atoms with E-state index in [1.165, 1.54) is 31.4 Å². The summed E-state index contributed by atoms with van der Waals surface area (Å²) in [5.74, 6) is -0.173. The molecule has 1 N–H and O–H groups in total. The summed E-state index contributed by atoms with van der Waals surface area (Å²) < 4.78 is 12.8. The van der Waals surface area contributed by atoms with Gasteiger partial charge in [-0.05, 0) is 43.9 Å². The lowest BCUT2D eigenvalue weighted by molar-refractivity contribution is 0.467. The molecule has 1 nitrogen and oxygen atoms in total. The first-order chi connectivity index (χ1) is 7.75. The molecule has 2 heteroatoms. The molecule has 0 fully saturated rings. The number of benzene rings is 1. The molecule has 0 radical (unpaired) electrons. The van der Waals surface area contributed by atoms with Crippen LogP contribution in [0, 0.1) is 5.82 Å². The van der Waals surface area contributed by atoms with Gasteiger partial charge in [0, 0.05) is 12.1 Å². The minimum absolute atomic E-state index is 0.173. The number of allylic oxidation sites excluding steroid dienone is 1. The Bertz CT molecular complexity index is 356. The van der Waals surface area contributed by atoms with Gasteiger partial charge in [-0.1, -0.05) is 24.3 Å². The van der Waals surface area contributed by atoms with Gasteiger partial charge in [-0.3, -0.25) is 0 Å². The summed E-state index contributed by atoms with van der Waals surface area (Å²) >= 11 is 0. The van der Waals surface area contributed by atoms with Crippen molar-refractivity contribution in [1.29, 1.82) is 0 Å². The topological polar surface area (TPSA) is 12.0 Å². The smallest absolute Gasteiger partial charge is 0.123 e. The fourth-order valence-electron chi connectivity index (χ4n) is 2.12. The van der Waals surface area contributed by atoms with Gasteiger partial charge in [-0.15, -0.1) is 0 Å². The maximum atomic E-state index is 12.8. The minimum atomic E-state index is -0.173. The average Bonchev–Trinajstić information content (AvgIpc) is 2.31. The summed E-state index contributed by atoms with van der Waals surface area (Å²) in [5, 5.41) is 3.55. The van der Waals surface area contributed by atoms with E-state index < -0.39 is 0 Å². The number of halogens is 1. The van der Waals surface area contributed by atoms with Crippen molar-refractivity contribution in [1.82, 2.24) is 5.32 Å². The molecule has 0 amide bonds. The fraction of sp³-hybridized carbons (Fsp3) is 0.429. The maximum Gasteiger partial charge on any atom is 0.123 e. The van der Waals surface area contributed by atoms with E-state index in [0.717, 1.165) is 5.56 Å². The van der Waals surface area contributed by atoms with E-state index in [9.17, 15) is 4.39 Å². The zero-order valence-corrected chi connectivity index (χ0v) is 9.62. The van der Waals surface area contributed by atoms with Gasteiger partial charge in [-0.25, -0.2) is 4.39 Å². The molecule has 0 heterocycles. The van der Waals surface area contributed by atoms with Gasteiger partial charge in [0.1, 0.15) is 5.82 Å². The lowest BCUT2D eigenvalue weighted by Crippen LogP contribution is -2.30. The predicted octanol–water partition coefficient (Wildman–Crippen LogP) is 3.59. The SMILES string of the molecule is CC(NC1C=CCCC1)c1ccc(F)cc1. The summed E-state index contributed by atoms with van der Waals surface area (Å²) in [7, 11) is 0. The van der Waals surface area contributed by atoms with Gasteiger partial charge < -0.3 is 5.32 Å². The largest absolute Gasteiger partial charge is 0.304 e. The first kappa shape index (κ1) is 11.3. The second kappa shape index (κ2) is 5.26. The molecule has 0 aromatic heterocycles. The summed E-state index contributed by atoms with van der Waals surface area (Å²) in [4.78, 5) is 0. The molecule has 2 rings (SSSR count). The van der Waals surface area contributed by atoms with Gasteiger partial charge in [-0.2, -0.15) is 0 Å². The lowest BCUT2D eigenvalue weighted by atomic mass is 10.0. The first-order valence-corrected chi connectivity index (χ1v) is 5.94. The first-order valence-electron chi connectivity index (χ1n) is 5.94. The van der Waals surface area contributed by atoms with Gasteiger partial charge in [0.2, 0.25) is 0 Å². The van der Waals surface area contributed by atoms with Crippen LogP contribution in [0.5, 0.6) is 0 Å². The van der Waals surface area contributed by atoms with Crippen LogP contribution in [0.2, 0.25) is 0 Å². The molecule has 2 atom stereocenters. The Morgan fingerprint density at radius 2 is 2.06 bits per heavy atom. The third kappa shape index (κ3) is 2.92. The van der Waals surface area contributed by atoms with Crippen LogP contribution in [0.15, 0.2) is 36.4 Å². The van der Waals surface area contributed by atoms with Crippen LogP contribution < -0.4 is 5.32 Å². The number of rotatable bonds is 3. The molecule has 16 heavy (non-hydrogen) atoms. The Hall–Kier alpha value is -1.15. The summed E-state index contributed by atoms with van der Waals surface area (Å²) in [5.41, 5.74) is 1.14. The maximum absolute atomic E-state index is 12.8. The van der Waals surface area contributed by atoms with E-state index in [1.54, 1.807) is 0 Å². The van der Waals surface area contributed by atoms with Gasteiger partial charge in [0.25, 0.3) is 0 Å². The van der Waals surface area contributed by atoms with Crippen molar-refractivity contribution in [3.8, 4) is 0 Å². The lowest BCUT2D eigenvalue weighted by Gasteiger charge is -2.23. The van der Waals surface area contributed by atoms with Gasteiger partial charge >= 0.3 is 0 Å². The van der Waals surface area contributed by atoms with Crippen LogP contribution in [0.1, 0.15) is 37.8 Å². The highest BCUT2D eigenvalue weighted by Gasteiger charge is 2.12. The van der Waals surface area contributed by atoms with E-state index in [4.69, 9.17) is 0 Å². The Morgan fingerprint density at radius 3 is 2.69 bits per heavy atom. The molecule has 1 aliphatic carbocycles. The molecule has 0 saturated carbocycles. The normalized spacial score (nSPS) is 22.0. The van der Waals surface area contributed by atoms with Gasteiger partial charge in [0.05, 0.1) is 0 Å². The van der Waals surface area contributed by atoms with Crippen molar-refractivity contribution in [3.63, 3.8) is 0 Å². The molecule has 2 unspecified atom stereocenters. The van der Waals surface area contributed by atoms with Crippen molar-refractivity contribution >= 4 is 0 Å². The van der Waals surface area contributed by atoms with Crippen molar-refractivity contribution in [3.05, 3.63) is 47.8 Å². The second-order valence-electron chi connectivity index (χ2n) is 4.41. The fourth-order valence-corrected chi connectivity index (χ4v) is 2.12. The summed E-state index contributed by atoms with van der Waals surface area (Å²) in [6.45, 7) is 2.12. The van der Waals surface area contributed by atoms with Crippen molar-refractivity contribution in [2.24, 2.45) is 0 Å². The average molecular weight is 219 g/mol. The van der Waals surface area contributed by atoms with Crippen LogP contribution in [0.4, 0.5) is 4.39 Å². The van der Waals surface area contributed by atoms with E-state index in [0.29, 0.717) is 6.04 Å². The highest BCUT2D eigenvalue weighted by Crippen LogP contribution is 2.17. The third-order valence-corrected chi connectivity index (χ3v) is 3.09. The monoisotopic (exact) mass is 219 g/mol. The van der Waals surface area contributed by atoms with Crippen LogP contribution >= 0.6 is 0 Å². The molecule has 0 saturated heterocycles. The van der Waals surface area contributed by atoms with Gasteiger partial charge in [0.15, 0.2) is 0 Å². The molecular formula is C14H18FN. The molecule has 86 valence electrons. The Labute approximate surface area is 96.4 Å². The molecule has 1 aromatic carbocycles. The zero-order chi connectivity index (χ0) is 11.4. The van der Waals surface area contributed by atoms with Crippen molar-refractivity contribution in [2.75, 3.05) is 0 Å². The van der Waals surface area contributed by atoms with E-state index in [-0.39, 0.29) is 11.9 Å². The quantitative estimate of drug-likeness (QED) is 0.766. The molecule has 0 aliphatic heterocycles. The molecule has 0 spiro atoms. The highest BCUT2D eigenvalue weighted by atomic mass is 19.1. The van der Waals surface area contributed by atoms with Crippen LogP contribution in [0.3, 0.4) is 0 Å². The third-order valence-electron chi connectivity index (χ3n) is 3.09. The van der Waals surface area contributed by atoms with E-state index >= 15 is 0 Å². The molecule has 1 aromatic rings. The minimum Gasteiger partial charge on any atom is -0.304 e. The predicted molar refractivity (Wildman–Crippen MR) is 64.7 cm³/mol. The standard InChI is InChI=1S/C14H18FN/c1-11(12-7-9-13(15)10-8-12)16-14-5-3-2-4-6-14/h3,5,7-11,14,16H,2,4,6H2,1H3. The van der Waals surface area contributed by atoms with Crippen molar-refractivity contribution < 1.29 is 4.39 Å². The van der Waals surface area contributed by atoms with Crippen molar-refractivity contribution in [2.45, 2.75) is 38.3 Å². The van der Waals surface area contributed by atoms with Crippen LogP contribution in [-0.4, -0.2) is 6.04 Å². The molecular weight excluding hydrogens is 201 g/mol. The Kier molecular flexibility index (Phi) is 3.73. The number of hydrogen-bond donors (Lipinski definition) is 1. The molecule has 1 aliphatic rings. The highest BCUT2D eigenvalue weighted by molar-refractivity contribution is 5.19. The molecule has 0 bridgehead atoms. The number of nitrogens with one attached hydrogen (secondary N) is 1. The number of hydrogen-bond acceptors (Lipinski definition) is 1. The van der Waals surface area contributed by atoms with E-state index in [2.05, 4.69) is 24.4 Å². The van der Waals surface area contributed by atoms with E-state index in [1.807, 2.05) is 12.1 Å².